The van der Waals surface area contributed by atoms with Crippen molar-refractivity contribution in [2.24, 2.45) is 0 Å². The van der Waals surface area contributed by atoms with Crippen molar-refractivity contribution in [2.45, 2.75) is 6.35 Å². The van der Waals surface area contributed by atoms with Gasteiger partial charge in [-0.1, -0.05) is 30.2 Å². The first-order valence-corrected chi connectivity index (χ1v) is 17.7. The van der Waals surface area contributed by atoms with E-state index < -0.39 is 12.2 Å². The van der Waals surface area contributed by atoms with Crippen molar-refractivity contribution in [1.29, 1.82) is 0 Å². The van der Waals surface area contributed by atoms with Crippen LogP contribution in [0.3, 0.4) is 0 Å². The van der Waals surface area contributed by atoms with E-state index in [2.05, 4.69) is 42.1 Å². The second-order valence-electron chi connectivity index (χ2n) is 12.7. The molecule has 54 heavy (non-hydrogen) atoms. The molecule has 0 aliphatic carbocycles. The fourth-order valence-electron chi connectivity index (χ4n) is 6.36. The molecule has 3 heterocycles. The van der Waals surface area contributed by atoms with Crippen LogP contribution in [-0.2, 0) is 9.47 Å². The van der Waals surface area contributed by atoms with Gasteiger partial charge in [-0.25, -0.2) is 9.37 Å². The van der Waals surface area contributed by atoms with Crippen LogP contribution in [0.1, 0.15) is 15.9 Å². The predicted octanol–water partition coefficient (Wildman–Crippen LogP) is 4.98. The van der Waals surface area contributed by atoms with Gasteiger partial charge in [-0.3, -0.25) is 9.69 Å². The Hall–Kier alpha value is -5.98. The Morgan fingerprint density at radius 3 is 2.50 bits per heavy atom. The molecule has 1 aromatic heterocycles. The Bertz CT molecular complexity index is 2130. The van der Waals surface area contributed by atoms with Crippen molar-refractivity contribution < 1.29 is 28.5 Å². The van der Waals surface area contributed by atoms with Crippen LogP contribution in [0.4, 0.5) is 33.1 Å². The van der Waals surface area contributed by atoms with E-state index in [1.54, 1.807) is 48.7 Å². The SMILES string of the molecule is C#Cc1cc(Nc2nccc(Oc3ccc(NC(O)Nc4cc(F)cc(N5CCOCC5)c4)c4ccccc34)n2)cc(C(=O)NCCN2CCOCC2)c1. The van der Waals surface area contributed by atoms with E-state index in [1.165, 1.54) is 12.1 Å². The second-order valence-corrected chi connectivity index (χ2v) is 12.7. The fraction of sp³-hybridized carbons (Fsp3) is 0.275. The van der Waals surface area contributed by atoms with Gasteiger partial charge in [0.1, 0.15) is 11.6 Å². The first kappa shape index (κ1) is 36.4. The first-order valence-electron chi connectivity index (χ1n) is 17.7. The highest BCUT2D eigenvalue weighted by Gasteiger charge is 2.17. The third-order valence-corrected chi connectivity index (χ3v) is 9.02. The number of ether oxygens (including phenoxy) is 3. The van der Waals surface area contributed by atoms with Crippen LogP contribution in [0, 0.1) is 18.2 Å². The number of rotatable bonds is 13. The molecule has 4 aromatic carbocycles. The van der Waals surface area contributed by atoms with Crippen molar-refractivity contribution in [2.75, 3.05) is 86.5 Å². The minimum Gasteiger partial charge on any atom is -0.438 e. The highest BCUT2D eigenvalue weighted by Crippen LogP contribution is 2.35. The Labute approximate surface area is 312 Å². The molecule has 13 nitrogen and oxygen atoms in total. The van der Waals surface area contributed by atoms with Crippen LogP contribution in [0.5, 0.6) is 11.6 Å². The normalized spacial score (nSPS) is 15.2. The molecule has 7 rings (SSSR count). The average Bonchev–Trinajstić information content (AvgIpc) is 3.19. The fourth-order valence-corrected chi connectivity index (χ4v) is 6.36. The molecule has 0 spiro atoms. The molecule has 2 aliphatic rings. The van der Waals surface area contributed by atoms with Crippen molar-refractivity contribution in [3.63, 3.8) is 0 Å². The van der Waals surface area contributed by atoms with Crippen LogP contribution in [0.25, 0.3) is 10.8 Å². The number of aliphatic hydroxyl groups is 1. The highest BCUT2D eigenvalue weighted by atomic mass is 19.1. The largest absolute Gasteiger partial charge is 0.438 e. The Morgan fingerprint density at radius 1 is 0.926 bits per heavy atom. The summed E-state index contributed by atoms with van der Waals surface area (Å²) in [5.74, 6) is 3.00. The van der Waals surface area contributed by atoms with E-state index in [1.807, 2.05) is 29.2 Å². The van der Waals surface area contributed by atoms with Crippen molar-refractivity contribution >= 4 is 45.4 Å². The molecule has 5 N–H and O–H groups in total. The van der Waals surface area contributed by atoms with E-state index in [0.29, 0.717) is 85.7 Å². The van der Waals surface area contributed by atoms with E-state index in [0.717, 1.165) is 30.4 Å². The average molecular weight is 733 g/mol. The molecule has 1 unspecified atom stereocenters. The molecule has 0 saturated carbocycles. The third kappa shape index (κ3) is 9.32. The zero-order valence-corrected chi connectivity index (χ0v) is 29.6. The number of aromatic nitrogens is 2. The van der Waals surface area contributed by atoms with Gasteiger partial charge in [-0.2, -0.15) is 4.98 Å². The number of hydrogen-bond donors (Lipinski definition) is 5. The van der Waals surface area contributed by atoms with Gasteiger partial charge in [-0.05, 0) is 48.5 Å². The molecule has 2 saturated heterocycles. The smallest absolute Gasteiger partial charge is 0.251 e. The number of benzene rings is 4. The number of halogens is 1. The molecule has 2 aliphatic heterocycles. The van der Waals surface area contributed by atoms with Gasteiger partial charge < -0.3 is 45.5 Å². The zero-order chi connectivity index (χ0) is 37.3. The number of morpholine rings is 2. The number of hydrogen-bond acceptors (Lipinski definition) is 12. The van der Waals surface area contributed by atoms with E-state index in [9.17, 15) is 14.3 Å². The van der Waals surface area contributed by atoms with Crippen LogP contribution >= 0.6 is 0 Å². The van der Waals surface area contributed by atoms with Crippen LogP contribution < -0.4 is 30.9 Å². The Kier molecular flexibility index (Phi) is 11.6. The van der Waals surface area contributed by atoms with Gasteiger partial charge in [-0.15, -0.1) is 6.42 Å². The maximum Gasteiger partial charge on any atom is 0.251 e. The summed E-state index contributed by atoms with van der Waals surface area (Å²) in [5.41, 5.74) is 3.26. The molecule has 278 valence electrons. The summed E-state index contributed by atoms with van der Waals surface area (Å²) in [6, 6.07) is 22.5. The van der Waals surface area contributed by atoms with E-state index in [-0.39, 0.29) is 17.7 Å². The molecule has 0 radical (unpaired) electrons. The van der Waals surface area contributed by atoms with Gasteiger partial charge in [0, 0.05) is 96.2 Å². The van der Waals surface area contributed by atoms with Gasteiger partial charge in [0.15, 0.2) is 0 Å². The maximum absolute atomic E-state index is 14.5. The minimum atomic E-state index is -1.23. The Balaban J connectivity index is 1.02. The molecule has 1 amide bonds. The van der Waals surface area contributed by atoms with Gasteiger partial charge in [0.25, 0.3) is 5.91 Å². The third-order valence-electron chi connectivity index (χ3n) is 9.02. The summed E-state index contributed by atoms with van der Waals surface area (Å²) in [5, 5.41) is 24.6. The molecule has 5 aromatic rings. The number of nitrogens with zero attached hydrogens (tertiary/aromatic N) is 4. The summed E-state index contributed by atoms with van der Waals surface area (Å²) >= 11 is 0. The maximum atomic E-state index is 14.5. The first-order chi connectivity index (χ1) is 26.4. The van der Waals surface area contributed by atoms with Gasteiger partial charge >= 0.3 is 0 Å². The van der Waals surface area contributed by atoms with Crippen LogP contribution in [0.15, 0.2) is 85.1 Å². The molecule has 1 atom stereocenters. The van der Waals surface area contributed by atoms with E-state index in [4.69, 9.17) is 20.6 Å². The lowest BCUT2D eigenvalue weighted by Crippen LogP contribution is -2.41. The Morgan fingerprint density at radius 2 is 1.70 bits per heavy atom. The lowest BCUT2D eigenvalue weighted by Gasteiger charge is -2.29. The standard InChI is InChI=1S/C40H41FN8O5/c1-2-27-21-28(38(50)42-11-12-48-13-17-52-18-14-48)23-30(22-27)44-39-43-10-9-37(47-39)54-36-8-7-35(33-5-3-4-6-34(33)36)46-40(51)45-31-24-29(41)25-32(26-31)49-15-19-53-20-16-49/h1,3-10,21-26,40,45-46,51H,11-20H2,(H,42,50)(H,43,44,47). The summed E-state index contributed by atoms with van der Waals surface area (Å²) in [6.45, 7) is 6.79. The number of nitrogens with one attached hydrogen (secondary N) is 4. The van der Waals surface area contributed by atoms with Gasteiger partial charge in [0.05, 0.1) is 26.4 Å². The van der Waals surface area contributed by atoms with E-state index >= 15 is 0 Å². The molecule has 2 fully saturated rings. The summed E-state index contributed by atoms with van der Waals surface area (Å²) in [4.78, 5) is 26.2. The number of fused-ring (bicyclic) bond motifs is 1. The minimum absolute atomic E-state index is 0.235. The lowest BCUT2D eigenvalue weighted by atomic mass is 10.1. The van der Waals surface area contributed by atoms with Crippen LogP contribution in [0.2, 0.25) is 0 Å². The van der Waals surface area contributed by atoms with Crippen molar-refractivity contribution in [3.05, 3.63) is 102 Å². The molecular weight excluding hydrogens is 691 g/mol. The van der Waals surface area contributed by atoms with Crippen molar-refractivity contribution in [3.8, 4) is 24.0 Å². The number of carbonyl (C=O) groups excluding carboxylic acids is 1. The number of terminal acetylenes is 1. The number of anilines is 5. The summed E-state index contributed by atoms with van der Waals surface area (Å²) in [7, 11) is 0. The summed E-state index contributed by atoms with van der Waals surface area (Å²) < 4.78 is 31.6. The molecule has 14 heteroatoms. The predicted molar refractivity (Wildman–Crippen MR) is 206 cm³/mol. The quantitative estimate of drug-likeness (QED) is 0.0822. The topological polar surface area (TPSA) is 145 Å². The second kappa shape index (κ2) is 17.2. The molecular formula is C40H41FN8O5. The lowest BCUT2D eigenvalue weighted by molar-refractivity contribution is 0.0383. The number of amides is 1. The van der Waals surface area contributed by atoms with Gasteiger partial charge in [0.2, 0.25) is 18.2 Å². The highest BCUT2D eigenvalue weighted by molar-refractivity contribution is 5.98. The zero-order valence-electron chi connectivity index (χ0n) is 29.6. The number of aliphatic hydroxyl groups excluding tert-OH is 1. The molecule has 0 bridgehead atoms. The van der Waals surface area contributed by atoms with Crippen molar-refractivity contribution in [1.82, 2.24) is 20.2 Å². The number of carbonyl (C=O) groups is 1. The monoisotopic (exact) mass is 732 g/mol. The van der Waals surface area contributed by atoms with Crippen LogP contribution in [-0.4, -0.2) is 97.9 Å². The summed E-state index contributed by atoms with van der Waals surface area (Å²) in [6.07, 6.45) is 6.05.